The first-order chi connectivity index (χ1) is 7.12. The molecular weight excluding hydrogens is 208 g/mol. The monoisotopic (exact) mass is 220 g/mol. The first-order valence-corrected chi connectivity index (χ1v) is 5.46. The Labute approximate surface area is 92.2 Å². The average Bonchev–Trinajstić information content (AvgIpc) is 2.71. The van der Waals surface area contributed by atoms with E-state index in [1.165, 1.54) is 11.3 Å². The number of thiophene rings is 1. The minimum absolute atomic E-state index is 0.559. The van der Waals surface area contributed by atoms with Crippen LogP contribution in [0.2, 0.25) is 0 Å². The zero-order chi connectivity index (χ0) is 10.9. The van der Waals surface area contributed by atoms with Crippen LogP contribution in [0.5, 0.6) is 0 Å². The van der Waals surface area contributed by atoms with Crippen LogP contribution in [-0.4, -0.2) is 10.1 Å². The van der Waals surface area contributed by atoms with Crippen molar-refractivity contribution in [3.8, 4) is 0 Å². The molecule has 0 fully saturated rings. The summed E-state index contributed by atoms with van der Waals surface area (Å²) in [4.78, 5) is 4.85. The number of hydrogen-bond acceptors (Lipinski definition) is 4. The van der Waals surface area contributed by atoms with Crippen LogP contribution in [0.4, 0.5) is 5.69 Å². The van der Waals surface area contributed by atoms with Gasteiger partial charge < -0.3 is 10.8 Å². The van der Waals surface area contributed by atoms with Crippen LogP contribution in [-0.2, 0) is 5.60 Å². The number of nitrogens with two attached hydrogens (primary N) is 1. The summed E-state index contributed by atoms with van der Waals surface area (Å²) in [5.41, 5.74) is 5.96. The van der Waals surface area contributed by atoms with E-state index in [4.69, 9.17) is 5.73 Å². The third-order valence-electron chi connectivity index (χ3n) is 2.38. The van der Waals surface area contributed by atoms with Crippen molar-refractivity contribution in [2.45, 2.75) is 12.5 Å². The number of anilines is 1. The number of aromatic nitrogens is 1. The van der Waals surface area contributed by atoms with Crippen LogP contribution in [0.1, 0.15) is 17.4 Å². The number of pyridine rings is 1. The molecule has 2 aromatic rings. The van der Waals surface area contributed by atoms with Crippen LogP contribution in [0.3, 0.4) is 0 Å². The molecule has 78 valence electrons. The van der Waals surface area contributed by atoms with Gasteiger partial charge in [0, 0.05) is 28.5 Å². The van der Waals surface area contributed by atoms with Crippen LogP contribution in [0, 0.1) is 0 Å². The van der Waals surface area contributed by atoms with Gasteiger partial charge in [-0.2, -0.15) is 0 Å². The van der Waals surface area contributed by atoms with Crippen LogP contribution < -0.4 is 5.73 Å². The van der Waals surface area contributed by atoms with Crippen molar-refractivity contribution in [2.75, 3.05) is 5.73 Å². The van der Waals surface area contributed by atoms with Crippen molar-refractivity contribution in [1.29, 1.82) is 0 Å². The highest BCUT2D eigenvalue weighted by molar-refractivity contribution is 7.10. The number of rotatable bonds is 2. The molecule has 0 spiro atoms. The van der Waals surface area contributed by atoms with Gasteiger partial charge in [-0.3, -0.25) is 4.98 Å². The minimum Gasteiger partial charge on any atom is -0.398 e. The lowest BCUT2D eigenvalue weighted by atomic mass is 9.94. The van der Waals surface area contributed by atoms with Gasteiger partial charge in [0.1, 0.15) is 5.60 Å². The van der Waals surface area contributed by atoms with Gasteiger partial charge in [0.15, 0.2) is 0 Å². The molecule has 0 saturated carbocycles. The molecule has 0 amide bonds. The van der Waals surface area contributed by atoms with Gasteiger partial charge in [-0.05, 0) is 24.4 Å². The molecule has 0 saturated heterocycles. The van der Waals surface area contributed by atoms with E-state index in [1.807, 2.05) is 17.5 Å². The summed E-state index contributed by atoms with van der Waals surface area (Å²) in [6, 6.07) is 5.48. The largest absolute Gasteiger partial charge is 0.398 e. The molecule has 4 heteroatoms. The van der Waals surface area contributed by atoms with Crippen molar-refractivity contribution in [3.63, 3.8) is 0 Å². The fourth-order valence-corrected chi connectivity index (χ4v) is 2.30. The Kier molecular flexibility index (Phi) is 2.46. The van der Waals surface area contributed by atoms with E-state index in [1.54, 1.807) is 25.4 Å². The van der Waals surface area contributed by atoms with Gasteiger partial charge in [-0.25, -0.2) is 0 Å². The number of hydrogen-bond donors (Lipinski definition) is 2. The Balaban J connectivity index is 2.51. The van der Waals surface area contributed by atoms with Gasteiger partial charge in [-0.15, -0.1) is 11.3 Å². The molecule has 0 bridgehead atoms. The molecular formula is C11H12N2OS. The average molecular weight is 220 g/mol. The molecule has 0 radical (unpaired) electrons. The van der Waals surface area contributed by atoms with Gasteiger partial charge in [0.05, 0.1) is 0 Å². The maximum absolute atomic E-state index is 10.4. The summed E-state index contributed by atoms with van der Waals surface area (Å²) in [6.07, 6.45) is 3.22. The Morgan fingerprint density at radius 3 is 2.87 bits per heavy atom. The standard InChI is InChI=1S/C11H12N2OS/c1-11(14,10-3-2-6-15-10)8-7-13-5-4-9(8)12/h2-7,14H,1H3,(H2,12,13). The Morgan fingerprint density at radius 2 is 2.27 bits per heavy atom. The van der Waals surface area contributed by atoms with Gasteiger partial charge in [-0.1, -0.05) is 6.07 Å². The fraction of sp³-hybridized carbons (Fsp3) is 0.182. The molecule has 15 heavy (non-hydrogen) atoms. The van der Waals surface area contributed by atoms with E-state index < -0.39 is 5.60 Å². The SMILES string of the molecule is CC(O)(c1cccs1)c1cnccc1N. The maximum atomic E-state index is 10.4. The third-order valence-corrected chi connectivity index (χ3v) is 3.46. The van der Waals surface area contributed by atoms with Crippen LogP contribution in [0.25, 0.3) is 0 Å². The Morgan fingerprint density at radius 1 is 1.47 bits per heavy atom. The predicted octanol–water partition coefficient (Wildman–Crippen LogP) is 1.98. The van der Waals surface area contributed by atoms with Gasteiger partial charge in [0.25, 0.3) is 0 Å². The van der Waals surface area contributed by atoms with Crippen molar-refractivity contribution < 1.29 is 5.11 Å². The lowest BCUT2D eigenvalue weighted by Gasteiger charge is -2.23. The highest BCUT2D eigenvalue weighted by Crippen LogP contribution is 2.34. The second-order valence-electron chi connectivity index (χ2n) is 3.51. The first-order valence-electron chi connectivity index (χ1n) is 4.58. The maximum Gasteiger partial charge on any atom is 0.124 e. The van der Waals surface area contributed by atoms with E-state index >= 15 is 0 Å². The third kappa shape index (κ3) is 1.73. The number of aliphatic hydroxyl groups is 1. The lowest BCUT2D eigenvalue weighted by Crippen LogP contribution is -2.23. The predicted molar refractivity (Wildman–Crippen MR) is 61.6 cm³/mol. The normalized spacial score (nSPS) is 14.8. The molecule has 2 aromatic heterocycles. The van der Waals surface area contributed by atoms with Crippen molar-refractivity contribution in [2.24, 2.45) is 0 Å². The summed E-state index contributed by atoms with van der Waals surface area (Å²) in [5, 5.41) is 12.3. The quantitative estimate of drug-likeness (QED) is 0.813. The molecule has 1 unspecified atom stereocenters. The molecule has 0 aliphatic heterocycles. The Bertz CT molecular complexity index is 451. The van der Waals surface area contributed by atoms with Crippen molar-refractivity contribution in [1.82, 2.24) is 4.98 Å². The number of nitrogen functional groups attached to an aromatic ring is 1. The van der Waals surface area contributed by atoms with Gasteiger partial charge >= 0.3 is 0 Å². The molecule has 2 heterocycles. The lowest BCUT2D eigenvalue weighted by molar-refractivity contribution is 0.107. The zero-order valence-corrected chi connectivity index (χ0v) is 9.16. The van der Waals surface area contributed by atoms with E-state index in [9.17, 15) is 5.11 Å². The van der Waals surface area contributed by atoms with Crippen LogP contribution in [0.15, 0.2) is 36.0 Å². The molecule has 3 nitrogen and oxygen atoms in total. The smallest absolute Gasteiger partial charge is 0.124 e. The highest BCUT2D eigenvalue weighted by atomic mass is 32.1. The van der Waals surface area contributed by atoms with Crippen LogP contribution >= 0.6 is 11.3 Å². The molecule has 0 aromatic carbocycles. The van der Waals surface area contributed by atoms with E-state index in [0.29, 0.717) is 11.3 Å². The molecule has 1 atom stereocenters. The van der Waals surface area contributed by atoms with Gasteiger partial charge in [0.2, 0.25) is 0 Å². The van der Waals surface area contributed by atoms with E-state index in [2.05, 4.69) is 4.98 Å². The summed E-state index contributed by atoms with van der Waals surface area (Å²) < 4.78 is 0. The highest BCUT2D eigenvalue weighted by Gasteiger charge is 2.28. The minimum atomic E-state index is -1.06. The number of nitrogens with zero attached hydrogens (tertiary/aromatic N) is 1. The molecule has 2 rings (SSSR count). The fourth-order valence-electron chi connectivity index (χ4n) is 1.50. The first kappa shape index (κ1) is 10.1. The summed E-state index contributed by atoms with van der Waals surface area (Å²) >= 11 is 1.50. The summed E-state index contributed by atoms with van der Waals surface area (Å²) in [6.45, 7) is 1.73. The summed E-state index contributed by atoms with van der Waals surface area (Å²) in [7, 11) is 0. The topological polar surface area (TPSA) is 59.1 Å². The summed E-state index contributed by atoms with van der Waals surface area (Å²) in [5.74, 6) is 0. The zero-order valence-electron chi connectivity index (χ0n) is 8.34. The second kappa shape index (κ2) is 3.64. The van der Waals surface area contributed by atoms with E-state index in [-0.39, 0.29) is 0 Å². The molecule has 0 aliphatic rings. The van der Waals surface area contributed by atoms with Crippen molar-refractivity contribution >= 4 is 17.0 Å². The second-order valence-corrected chi connectivity index (χ2v) is 4.46. The molecule has 3 N–H and O–H groups in total. The Hall–Kier alpha value is -1.39. The van der Waals surface area contributed by atoms with Crippen molar-refractivity contribution in [3.05, 3.63) is 46.4 Å². The molecule has 0 aliphatic carbocycles. The van der Waals surface area contributed by atoms with E-state index in [0.717, 1.165) is 4.88 Å².